The Bertz CT molecular complexity index is 811. The van der Waals surface area contributed by atoms with Crippen molar-refractivity contribution in [3.8, 4) is 5.75 Å². The molecule has 1 saturated heterocycles. The van der Waals surface area contributed by atoms with Crippen LogP contribution in [0, 0.1) is 0 Å². The Morgan fingerprint density at radius 2 is 2.00 bits per heavy atom. The van der Waals surface area contributed by atoms with Crippen LogP contribution in [0.5, 0.6) is 5.75 Å². The molecule has 0 bridgehead atoms. The molecule has 2 aliphatic rings. The Kier molecular flexibility index (Phi) is 5.25. The van der Waals surface area contributed by atoms with Crippen LogP contribution in [0.25, 0.3) is 0 Å². The van der Waals surface area contributed by atoms with Crippen molar-refractivity contribution in [1.82, 2.24) is 9.88 Å². The SMILES string of the molecule is CCC1(C[C@H]2NC(=O)c3c(OC)c(=O)c(C(=O)OC)cn3[C@H]2C)OCCO1. The second-order valence-corrected chi connectivity index (χ2v) is 6.64. The van der Waals surface area contributed by atoms with Crippen LogP contribution < -0.4 is 15.5 Å². The maximum Gasteiger partial charge on any atom is 0.343 e. The minimum atomic E-state index is -0.782. The Balaban J connectivity index is 2.05. The number of pyridine rings is 1. The summed E-state index contributed by atoms with van der Waals surface area (Å²) >= 11 is 0. The number of esters is 1. The number of carbonyl (C=O) groups excluding carboxylic acids is 2. The maximum atomic E-state index is 12.7. The van der Waals surface area contributed by atoms with Crippen molar-refractivity contribution in [3.05, 3.63) is 27.7 Å². The molecule has 1 N–H and O–H groups in total. The molecular weight excluding hydrogens is 356 g/mol. The molecular formula is C18H24N2O7. The molecule has 27 heavy (non-hydrogen) atoms. The van der Waals surface area contributed by atoms with Gasteiger partial charge in [-0.25, -0.2) is 4.79 Å². The van der Waals surface area contributed by atoms with E-state index in [1.54, 1.807) is 4.57 Å². The van der Waals surface area contributed by atoms with E-state index in [4.69, 9.17) is 14.2 Å². The van der Waals surface area contributed by atoms with Crippen molar-refractivity contribution in [1.29, 1.82) is 0 Å². The summed E-state index contributed by atoms with van der Waals surface area (Å²) in [6, 6.07) is -0.590. The van der Waals surface area contributed by atoms with Crippen LogP contribution in [0.15, 0.2) is 11.0 Å². The van der Waals surface area contributed by atoms with Gasteiger partial charge in [0.05, 0.1) is 39.5 Å². The highest BCUT2D eigenvalue weighted by Gasteiger charge is 2.43. The lowest BCUT2D eigenvalue weighted by Gasteiger charge is -2.38. The highest BCUT2D eigenvalue weighted by molar-refractivity contribution is 5.98. The zero-order valence-corrected chi connectivity index (χ0v) is 15.9. The number of methoxy groups -OCH3 is 2. The summed E-state index contributed by atoms with van der Waals surface area (Å²) in [6.45, 7) is 4.86. The molecule has 0 spiro atoms. The van der Waals surface area contributed by atoms with E-state index in [2.05, 4.69) is 10.1 Å². The van der Waals surface area contributed by atoms with Crippen LogP contribution in [0.2, 0.25) is 0 Å². The van der Waals surface area contributed by atoms with Crippen molar-refractivity contribution < 1.29 is 28.5 Å². The Labute approximate surface area is 156 Å². The van der Waals surface area contributed by atoms with Gasteiger partial charge in [0.25, 0.3) is 5.91 Å². The van der Waals surface area contributed by atoms with Gasteiger partial charge in [0.15, 0.2) is 17.2 Å². The normalized spacial score (nSPS) is 23.5. The topological polar surface area (TPSA) is 105 Å². The standard InChI is InChI=1S/C18H24N2O7/c1-5-18(26-6-7-27-18)8-12-10(2)20-9-11(17(23)25-4)14(21)15(24-3)13(20)16(22)19-12/h9-10,12H,5-8H2,1-4H3,(H,19,22)/t10-,12+/m0/s1. The number of nitrogens with zero attached hydrogens (tertiary/aromatic N) is 1. The van der Waals surface area contributed by atoms with Gasteiger partial charge in [-0.3, -0.25) is 9.59 Å². The van der Waals surface area contributed by atoms with Crippen molar-refractivity contribution in [2.24, 2.45) is 0 Å². The first-order chi connectivity index (χ1) is 12.9. The largest absolute Gasteiger partial charge is 0.491 e. The van der Waals surface area contributed by atoms with E-state index < -0.39 is 23.1 Å². The van der Waals surface area contributed by atoms with Crippen LogP contribution in [-0.4, -0.2) is 55.7 Å². The number of hydrogen-bond acceptors (Lipinski definition) is 7. The van der Waals surface area contributed by atoms with Gasteiger partial charge >= 0.3 is 5.97 Å². The number of rotatable bonds is 5. The maximum absolute atomic E-state index is 12.7. The minimum absolute atomic E-state index is 0.0812. The van der Waals surface area contributed by atoms with Crippen LogP contribution in [-0.2, 0) is 14.2 Å². The van der Waals surface area contributed by atoms with E-state index in [1.807, 2.05) is 13.8 Å². The first kappa shape index (κ1) is 19.4. The predicted molar refractivity (Wildman–Crippen MR) is 94.1 cm³/mol. The first-order valence-electron chi connectivity index (χ1n) is 8.87. The summed E-state index contributed by atoms with van der Waals surface area (Å²) in [5.41, 5.74) is -0.779. The van der Waals surface area contributed by atoms with Crippen molar-refractivity contribution in [3.63, 3.8) is 0 Å². The fraction of sp³-hybridized carbons (Fsp3) is 0.611. The highest BCUT2D eigenvalue weighted by Crippen LogP contribution is 2.34. The fourth-order valence-electron chi connectivity index (χ4n) is 3.67. The number of aromatic nitrogens is 1. The van der Waals surface area contributed by atoms with Gasteiger partial charge in [-0.05, 0) is 13.3 Å². The van der Waals surface area contributed by atoms with Crippen molar-refractivity contribution in [2.45, 2.75) is 44.6 Å². The summed E-state index contributed by atoms with van der Waals surface area (Å²) in [5.74, 6) is -2.17. The van der Waals surface area contributed by atoms with Crippen molar-refractivity contribution in [2.75, 3.05) is 27.4 Å². The summed E-state index contributed by atoms with van der Waals surface area (Å²) in [7, 11) is 2.48. The summed E-state index contributed by atoms with van der Waals surface area (Å²) < 4.78 is 23.0. The van der Waals surface area contributed by atoms with E-state index in [1.165, 1.54) is 20.4 Å². The van der Waals surface area contributed by atoms with E-state index in [-0.39, 0.29) is 29.1 Å². The monoisotopic (exact) mass is 380 g/mol. The zero-order valence-electron chi connectivity index (χ0n) is 15.9. The number of ether oxygens (including phenoxy) is 4. The molecule has 1 amide bonds. The van der Waals surface area contributed by atoms with Gasteiger partial charge in [0.2, 0.25) is 5.43 Å². The zero-order chi connectivity index (χ0) is 19.8. The second kappa shape index (κ2) is 7.32. The van der Waals surface area contributed by atoms with E-state index >= 15 is 0 Å². The number of fused-ring (bicyclic) bond motifs is 1. The summed E-state index contributed by atoms with van der Waals surface area (Å²) in [6.07, 6.45) is 2.44. The Hall–Kier alpha value is -2.39. The molecule has 0 radical (unpaired) electrons. The molecule has 2 aliphatic heterocycles. The summed E-state index contributed by atoms with van der Waals surface area (Å²) in [4.78, 5) is 37.3. The highest BCUT2D eigenvalue weighted by atomic mass is 16.7. The van der Waals surface area contributed by atoms with Crippen LogP contribution in [0.1, 0.15) is 53.6 Å². The molecule has 0 unspecified atom stereocenters. The average Bonchev–Trinajstić information content (AvgIpc) is 3.13. The van der Waals surface area contributed by atoms with E-state index in [0.717, 1.165) is 0 Å². The van der Waals surface area contributed by atoms with Gasteiger partial charge in [-0.1, -0.05) is 6.92 Å². The molecule has 3 heterocycles. The average molecular weight is 380 g/mol. The number of amides is 1. The number of hydrogen-bond donors (Lipinski definition) is 1. The smallest absolute Gasteiger partial charge is 0.343 e. The molecule has 3 rings (SSSR count). The van der Waals surface area contributed by atoms with Gasteiger partial charge in [-0.2, -0.15) is 0 Å². The molecule has 9 heteroatoms. The third kappa shape index (κ3) is 3.21. The summed E-state index contributed by atoms with van der Waals surface area (Å²) in [5, 5.41) is 2.92. The van der Waals surface area contributed by atoms with E-state index in [9.17, 15) is 14.4 Å². The van der Waals surface area contributed by atoms with Gasteiger partial charge in [0, 0.05) is 12.6 Å². The first-order valence-corrected chi connectivity index (χ1v) is 8.87. The van der Waals surface area contributed by atoms with Crippen LogP contribution >= 0.6 is 0 Å². The lowest BCUT2D eigenvalue weighted by atomic mass is 9.95. The third-order valence-electron chi connectivity index (χ3n) is 5.24. The molecule has 1 aromatic heterocycles. The molecule has 148 valence electrons. The minimum Gasteiger partial charge on any atom is -0.491 e. The number of nitrogens with one attached hydrogen (secondary N) is 1. The quantitative estimate of drug-likeness (QED) is 0.755. The van der Waals surface area contributed by atoms with Gasteiger partial charge in [-0.15, -0.1) is 0 Å². The van der Waals surface area contributed by atoms with Crippen molar-refractivity contribution >= 4 is 11.9 Å². The van der Waals surface area contributed by atoms with Crippen LogP contribution in [0.4, 0.5) is 0 Å². The molecule has 0 saturated carbocycles. The lowest BCUT2D eigenvalue weighted by Crippen LogP contribution is -2.52. The Morgan fingerprint density at radius 1 is 1.33 bits per heavy atom. The van der Waals surface area contributed by atoms with Gasteiger partial charge in [0.1, 0.15) is 5.56 Å². The molecule has 9 nitrogen and oxygen atoms in total. The molecule has 0 aromatic carbocycles. The second-order valence-electron chi connectivity index (χ2n) is 6.64. The number of carbonyl (C=O) groups is 2. The Morgan fingerprint density at radius 3 is 2.56 bits per heavy atom. The fourth-order valence-corrected chi connectivity index (χ4v) is 3.67. The third-order valence-corrected chi connectivity index (χ3v) is 5.24. The van der Waals surface area contributed by atoms with Crippen LogP contribution in [0.3, 0.4) is 0 Å². The van der Waals surface area contributed by atoms with Gasteiger partial charge < -0.3 is 28.8 Å². The molecule has 1 fully saturated rings. The molecule has 2 atom stereocenters. The predicted octanol–water partition coefficient (Wildman–Crippen LogP) is 0.860. The van der Waals surface area contributed by atoms with E-state index in [0.29, 0.717) is 26.1 Å². The molecule has 0 aliphatic carbocycles. The molecule has 1 aromatic rings. The lowest BCUT2D eigenvalue weighted by molar-refractivity contribution is -0.169.